The number of hydrogen-bond acceptors (Lipinski definition) is 4. The van der Waals surface area contributed by atoms with Crippen LogP contribution in [0.3, 0.4) is 0 Å². The fraction of sp³-hybridized carbons (Fsp3) is 0.622. The highest BCUT2D eigenvalue weighted by Gasteiger charge is 2.37. The smallest absolute Gasteiger partial charge is 0.207 e. The minimum absolute atomic E-state index is 0. The first-order chi connectivity index (χ1) is 21.4. The quantitative estimate of drug-likeness (QED) is 0.199. The second-order valence-corrected chi connectivity index (χ2v) is 15.9. The van der Waals surface area contributed by atoms with E-state index in [1.54, 1.807) is 31.4 Å². The van der Waals surface area contributed by atoms with E-state index < -0.39 is 20.0 Å². The van der Waals surface area contributed by atoms with Crippen LogP contribution in [0.2, 0.25) is 0 Å². The third-order valence-corrected chi connectivity index (χ3v) is 11.5. The Hall–Kier alpha value is -2.40. The maximum absolute atomic E-state index is 13.3. The molecule has 2 heterocycles. The van der Waals surface area contributed by atoms with Gasteiger partial charge in [0.1, 0.15) is 0 Å². The van der Waals surface area contributed by atoms with Gasteiger partial charge in [-0.05, 0) is 107 Å². The average Bonchev–Trinajstić information content (AvgIpc) is 2.97. The Labute approximate surface area is 289 Å². The molecule has 0 N–H and O–H groups in total. The highest BCUT2D eigenvalue weighted by atomic mass is 32.2. The van der Waals surface area contributed by atoms with Gasteiger partial charge in [-0.25, -0.2) is 16.8 Å². The summed E-state index contributed by atoms with van der Waals surface area (Å²) < 4.78 is 59.3. The molecule has 0 aliphatic heterocycles. The van der Waals surface area contributed by atoms with Gasteiger partial charge < -0.3 is 0 Å². The third-order valence-electron chi connectivity index (χ3n) is 6.91. The van der Waals surface area contributed by atoms with Crippen LogP contribution < -0.4 is 9.13 Å². The summed E-state index contributed by atoms with van der Waals surface area (Å²) in [5.74, 6) is 0. The van der Waals surface area contributed by atoms with Crippen LogP contribution in [0.4, 0.5) is 0 Å². The largest absolute Gasteiger partial charge is 0.312 e. The van der Waals surface area contributed by atoms with Crippen LogP contribution >= 0.6 is 0 Å². The first-order valence-corrected chi connectivity index (χ1v) is 19.7. The molecule has 3 rings (SSSR count). The minimum Gasteiger partial charge on any atom is -0.207 e. The molecule has 2 aromatic heterocycles. The molecule has 0 atom stereocenters. The Morgan fingerprint density at radius 1 is 0.511 bits per heavy atom. The van der Waals surface area contributed by atoms with Gasteiger partial charge in [-0.1, -0.05) is 41.2 Å². The van der Waals surface area contributed by atoms with Crippen molar-refractivity contribution in [2.75, 3.05) is 0 Å². The van der Waals surface area contributed by atoms with Crippen molar-refractivity contribution < 1.29 is 26.0 Å². The number of benzene rings is 1. The predicted octanol–water partition coefficient (Wildman–Crippen LogP) is 8.57. The van der Waals surface area contributed by atoms with E-state index in [2.05, 4.69) is 13.8 Å². The van der Waals surface area contributed by atoms with Gasteiger partial charge in [0.15, 0.2) is 29.4 Å². The molecule has 47 heavy (non-hydrogen) atoms. The minimum atomic E-state index is -3.57. The van der Waals surface area contributed by atoms with Gasteiger partial charge in [-0.15, -0.1) is 0 Å². The monoisotopic (exact) mass is 696 g/mol. The Morgan fingerprint density at radius 2 is 0.915 bits per heavy atom. The van der Waals surface area contributed by atoms with E-state index >= 15 is 0 Å². The molecule has 8 nitrogen and oxygen atoms in total. The SMILES string of the molecule is C.CC.CC.CC(C)N(C(C)C)S(=O)(=O)c1cccc2ccc[n+](C(C)C)c12.CC(C)N(C(C)C)S(=O)(=O)c1cccc[n+]1C(C)C. The fourth-order valence-electron chi connectivity index (χ4n) is 5.51. The standard InChI is InChI=1S/C18H27N2O2S.C14H25N2O2S.2C2H6.CH4/c1-13(2)19-12-8-10-16-9-7-11-17(18(16)19)23(21,22)20(14(3)4)15(5)6;1-11(2)15-10-8-7-9-14(15)19(17,18)16(12(3)4)13(5)6;2*1-2;/h7-15H,1-6H3;7-13H,1-6H3;2*1-2H3;1H4/q2*+1;;;. The number of aromatic nitrogens is 2. The van der Waals surface area contributed by atoms with Crippen molar-refractivity contribution in [3.8, 4) is 0 Å². The summed E-state index contributed by atoms with van der Waals surface area (Å²) in [4.78, 5) is 0.381. The molecule has 1 aromatic carbocycles. The number of nitrogens with zero attached hydrogens (tertiary/aromatic N) is 4. The topological polar surface area (TPSA) is 82.5 Å². The third kappa shape index (κ3) is 11.6. The molecule has 10 heteroatoms. The number of para-hydroxylation sites is 1. The van der Waals surface area contributed by atoms with E-state index in [0.29, 0.717) is 9.92 Å². The van der Waals surface area contributed by atoms with E-state index in [4.69, 9.17) is 0 Å². The predicted molar refractivity (Wildman–Crippen MR) is 200 cm³/mol. The maximum Gasteiger partial charge on any atom is 0.312 e. The molecule has 0 saturated carbocycles. The van der Waals surface area contributed by atoms with Crippen molar-refractivity contribution in [1.29, 1.82) is 0 Å². The lowest BCUT2D eigenvalue weighted by molar-refractivity contribution is -0.752. The van der Waals surface area contributed by atoms with Crippen LogP contribution in [0.5, 0.6) is 0 Å². The highest BCUT2D eigenvalue weighted by molar-refractivity contribution is 7.89. The van der Waals surface area contributed by atoms with Crippen molar-refractivity contribution in [1.82, 2.24) is 8.61 Å². The lowest BCUT2D eigenvalue weighted by Gasteiger charge is -2.29. The molecule has 3 aromatic rings. The Balaban J connectivity index is 0. The fourth-order valence-corrected chi connectivity index (χ4v) is 9.68. The normalized spacial score (nSPS) is 11.8. The summed E-state index contributed by atoms with van der Waals surface area (Å²) in [6, 6.07) is 14.7. The Bertz CT molecular complexity index is 1530. The van der Waals surface area contributed by atoms with Crippen LogP contribution in [-0.4, -0.2) is 49.6 Å². The lowest BCUT2D eigenvalue weighted by Crippen LogP contribution is -2.49. The van der Waals surface area contributed by atoms with Gasteiger partial charge in [-0.2, -0.15) is 17.7 Å². The first kappa shape index (κ1) is 46.7. The molecule has 0 unspecified atom stereocenters. The van der Waals surface area contributed by atoms with Crippen LogP contribution in [0.1, 0.15) is 130 Å². The molecule has 0 amide bonds. The summed E-state index contributed by atoms with van der Waals surface area (Å²) in [5.41, 5.74) is 0.774. The molecule has 0 aliphatic rings. The van der Waals surface area contributed by atoms with E-state index in [-0.39, 0.29) is 43.7 Å². The summed E-state index contributed by atoms with van der Waals surface area (Å²) in [7, 11) is -7.05. The van der Waals surface area contributed by atoms with E-state index in [1.807, 2.05) is 144 Å². The molecular weight excluding hydrogens is 629 g/mol. The van der Waals surface area contributed by atoms with Crippen molar-refractivity contribution in [2.24, 2.45) is 0 Å². The Morgan fingerprint density at radius 3 is 1.34 bits per heavy atom. The van der Waals surface area contributed by atoms with Crippen LogP contribution in [0.25, 0.3) is 10.9 Å². The van der Waals surface area contributed by atoms with Crippen molar-refractivity contribution in [3.05, 3.63) is 60.9 Å². The highest BCUT2D eigenvalue weighted by Crippen LogP contribution is 2.27. The zero-order valence-electron chi connectivity index (χ0n) is 31.5. The van der Waals surface area contributed by atoms with Gasteiger partial charge >= 0.3 is 15.0 Å². The summed E-state index contributed by atoms with van der Waals surface area (Å²) in [5, 5.41) is 1.29. The lowest BCUT2D eigenvalue weighted by atomic mass is 10.2. The van der Waals surface area contributed by atoms with Crippen LogP contribution in [-0.2, 0) is 20.0 Å². The van der Waals surface area contributed by atoms with Crippen LogP contribution in [0, 0.1) is 0 Å². The second kappa shape index (κ2) is 20.9. The zero-order valence-corrected chi connectivity index (χ0v) is 33.1. The van der Waals surface area contributed by atoms with Crippen LogP contribution in [0.15, 0.2) is 70.8 Å². The number of pyridine rings is 2. The summed E-state index contributed by atoms with van der Waals surface area (Å²) >= 11 is 0. The molecule has 270 valence electrons. The molecule has 0 bridgehead atoms. The van der Waals surface area contributed by atoms with Crippen molar-refractivity contribution >= 4 is 30.9 Å². The van der Waals surface area contributed by atoms with E-state index in [0.717, 1.165) is 10.9 Å². The summed E-state index contributed by atoms with van der Waals surface area (Å²) in [6.45, 7) is 31.4. The molecule has 0 saturated heterocycles. The molecule has 0 fully saturated rings. The van der Waals surface area contributed by atoms with Gasteiger partial charge in [0.2, 0.25) is 15.5 Å². The number of fused-ring (bicyclic) bond motifs is 1. The zero-order chi connectivity index (χ0) is 36.2. The van der Waals surface area contributed by atoms with Gasteiger partial charge in [0.25, 0.3) is 0 Å². The number of rotatable bonds is 10. The van der Waals surface area contributed by atoms with Gasteiger partial charge in [0, 0.05) is 47.8 Å². The molecule has 0 aliphatic carbocycles. The van der Waals surface area contributed by atoms with E-state index in [9.17, 15) is 16.8 Å². The maximum atomic E-state index is 13.3. The Kier molecular flexibility index (Phi) is 20.7. The summed E-state index contributed by atoms with van der Waals surface area (Å²) in [6.07, 6.45) is 3.76. The number of sulfonamides is 2. The molecule has 0 spiro atoms. The number of hydrogen-bond donors (Lipinski definition) is 0. The first-order valence-electron chi connectivity index (χ1n) is 16.9. The van der Waals surface area contributed by atoms with Crippen molar-refractivity contribution in [3.63, 3.8) is 0 Å². The van der Waals surface area contributed by atoms with Gasteiger partial charge in [0.05, 0.1) is 0 Å². The second-order valence-electron chi connectivity index (χ2n) is 12.3. The van der Waals surface area contributed by atoms with Gasteiger partial charge in [-0.3, -0.25) is 0 Å². The average molecular weight is 697 g/mol. The van der Waals surface area contributed by atoms with E-state index in [1.165, 1.54) is 0 Å². The molecular formula is C37H68N4O4S2+2. The van der Waals surface area contributed by atoms with Crippen molar-refractivity contribution in [2.45, 2.75) is 164 Å². The molecule has 0 radical (unpaired) electrons.